The number of benzene rings is 2. The van der Waals surface area contributed by atoms with Gasteiger partial charge in [-0.05, 0) is 31.0 Å². The molecule has 0 aliphatic carbocycles. The first-order valence-electron chi connectivity index (χ1n) is 7.23. The Kier molecular flexibility index (Phi) is 5.43. The fourth-order valence-corrected chi connectivity index (χ4v) is 1.95. The normalized spacial score (nSPS) is 11.9. The summed E-state index contributed by atoms with van der Waals surface area (Å²) in [7, 11) is 0. The third-order valence-electron chi connectivity index (χ3n) is 3.37. The number of halogens is 4. The molecule has 0 saturated heterocycles. The van der Waals surface area contributed by atoms with Crippen molar-refractivity contribution in [1.29, 1.82) is 0 Å². The fraction of sp³-hybridized carbons (Fsp3) is 0.235. The molecule has 0 unspecified atom stereocenters. The second-order valence-corrected chi connectivity index (χ2v) is 5.10. The van der Waals surface area contributed by atoms with Gasteiger partial charge < -0.3 is 10.1 Å². The first-order chi connectivity index (χ1) is 11.3. The van der Waals surface area contributed by atoms with E-state index in [0.29, 0.717) is 5.69 Å². The molecule has 1 amide bonds. The first kappa shape index (κ1) is 17.8. The van der Waals surface area contributed by atoms with Crippen LogP contribution in [0.15, 0.2) is 30.3 Å². The van der Waals surface area contributed by atoms with Crippen molar-refractivity contribution in [2.45, 2.75) is 26.4 Å². The predicted octanol–water partition coefficient (Wildman–Crippen LogP) is 4.21. The lowest BCUT2D eigenvalue weighted by Crippen LogP contribution is -2.31. The highest BCUT2D eigenvalue weighted by Gasteiger charge is 2.24. The van der Waals surface area contributed by atoms with Gasteiger partial charge in [0.2, 0.25) is 11.6 Å². The zero-order valence-electron chi connectivity index (χ0n) is 13.0. The summed E-state index contributed by atoms with van der Waals surface area (Å²) < 4.78 is 58.1. The molecule has 0 aromatic heterocycles. The number of hydrogen-bond donors (Lipinski definition) is 1. The summed E-state index contributed by atoms with van der Waals surface area (Å²) in [6.45, 7) is 3.18. The zero-order chi connectivity index (χ0) is 17.9. The highest BCUT2D eigenvalue weighted by atomic mass is 19.2. The van der Waals surface area contributed by atoms with Gasteiger partial charge in [-0.3, -0.25) is 4.79 Å². The van der Waals surface area contributed by atoms with E-state index in [1.54, 1.807) is 12.1 Å². The average molecular weight is 341 g/mol. The van der Waals surface area contributed by atoms with Crippen molar-refractivity contribution in [3.05, 3.63) is 59.2 Å². The van der Waals surface area contributed by atoms with Crippen LogP contribution in [0.5, 0.6) is 5.75 Å². The number of nitrogens with one attached hydrogen (secondary N) is 1. The van der Waals surface area contributed by atoms with E-state index in [4.69, 9.17) is 4.74 Å². The molecular formula is C17H15F4NO2. The highest BCUT2D eigenvalue weighted by molar-refractivity contribution is 5.94. The van der Waals surface area contributed by atoms with Crippen molar-refractivity contribution in [1.82, 2.24) is 0 Å². The second kappa shape index (κ2) is 7.33. The number of amides is 1. The van der Waals surface area contributed by atoms with Crippen LogP contribution in [-0.2, 0) is 11.2 Å². The molecule has 2 aromatic carbocycles. The maximum Gasteiger partial charge on any atom is 0.265 e. The molecule has 2 aromatic rings. The number of hydrogen-bond acceptors (Lipinski definition) is 2. The van der Waals surface area contributed by atoms with Crippen LogP contribution < -0.4 is 10.1 Å². The van der Waals surface area contributed by atoms with Gasteiger partial charge in [-0.15, -0.1) is 0 Å². The third-order valence-corrected chi connectivity index (χ3v) is 3.37. The molecule has 1 atom stereocenters. The topological polar surface area (TPSA) is 38.3 Å². The van der Waals surface area contributed by atoms with Gasteiger partial charge in [0, 0.05) is 11.8 Å². The zero-order valence-corrected chi connectivity index (χ0v) is 13.0. The number of aryl methyl sites for hydroxylation is 1. The Balaban J connectivity index is 2.11. The minimum Gasteiger partial charge on any atom is -0.475 e. The minimum absolute atomic E-state index is 0.0670. The molecule has 0 fully saturated rings. The number of carbonyl (C=O) groups excluding carboxylic acids is 1. The van der Waals surface area contributed by atoms with Crippen LogP contribution in [0.25, 0.3) is 0 Å². The van der Waals surface area contributed by atoms with Crippen molar-refractivity contribution in [3.8, 4) is 5.75 Å². The Labute approximate surface area is 136 Å². The van der Waals surface area contributed by atoms with Gasteiger partial charge >= 0.3 is 0 Å². The lowest BCUT2D eigenvalue weighted by molar-refractivity contribution is -0.122. The van der Waals surface area contributed by atoms with E-state index in [0.717, 1.165) is 12.0 Å². The van der Waals surface area contributed by atoms with Gasteiger partial charge in [-0.2, -0.15) is 8.78 Å². The number of rotatable bonds is 5. The molecule has 128 valence electrons. The minimum atomic E-state index is -1.69. The molecule has 2 rings (SSSR count). The summed E-state index contributed by atoms with van der Waals surface area (Å²) in [5, 5.41) is 2.49. The summed E-state index contributed by atoms with van der Waals surface area (Å²) in [6.07, 6.45) is -0.543. The predicted molar refractivity (Wildman–Crippen MR) is 80.8 cm³/mol. The summed E-state index contributed by atoms with van der Waals surface area (Å²) >= 11 is 0. The SMILES string of the molecule is CCc1ccc(NC(=O)[C@@H](C)Oc2c(F)c(F)cc(F)c2F)cc1. The Morgan fingerprint density at radius 3 is 2.12 bits per heavy atom. The van der Waals surface area contributed by atoms with Gasteiger partial charge in [0.15, 0.2) is 23.5 Å². The van der Waals surface area contributed by atoms with E-state index >= 15 is 0 Å². The van der Waals surface area contributed by atoms with Gasteiger partial charge in [0.05, 0.1) is 0 Å². The Morgan fingerprint density at radius 1 is 1.08 bits per heavy atom. The number of anilines is 1. The molecule has 0 aliphatic heterocycles. The van der Waals surface area contributed by atoms with E-state index in [1.807, 2.05) is 19.1 Å². The fourth-order valence-electron chi connectivity index (χ4n) is 1.95. The molecular weight excluding hydrogens is 326 g/mol. The van der Waals surface area contributed by atoms with Crippen LogP contribution in [0, 0.1) is 23.3 Å². The van der Waals surface area contributed by atoms with Crippen LogP contribution in [0.3, 0.4) is 0 Å². The van der Waals surface area contributed by atoms with E-state index < -0.39 is 41.0 Å². The molecule has 3 nitrogen and oxygen atoms in total. The first-order valence-corrected chi connectivity index (χ1v) is 7.23. The highest BCUT2D eigenvalue weighted by Crippen LogP contribution is 2.27. The van der Waals surface area contributed by atoms with Crippen LogP contribution >= 0.6 is 0 Å². The van der Waals surface area contributed by atoms with Crippen molar-refractivity contribution in [2.75, 3.05) is 5.32 Å². The molecule has 0 heterocycles. The third kappa shape index (κ3) is 3.84. The summed E-state index contributed by atoms with van der Waals surface area (Å²) in [6, 6.07) is 7.00. The number of ether oxygens (including phenoxy) is 1. The van der Waals surface area contributed by atoms with Crippen molar-refractivity contribution < 1.29 is 27.1 Å². The van der Waals surface area contributed by atoms with Crippen molar-refractivity contribution in [3.63, 3.8) is 0 Å². The van der Waals surface area contributed by atoms with Crippen LogP contribution in [0.2, 0.25) is 0 Å². The molecule has 0 saturated carbocycles. The molecule has 0 aliphatic rings. The van der Waals surface area contributed by atoms with Gasteiger partial charge in [-0.1, -0.05) is 19.1 Å². The smallest absolute Gasteiger partial charge is 0.265 e. The van der Waals surface area contributed by atoms with Gasteiger partial charge in [-0.25, -0.2) is 8.78 Å². The Hall–Kier alpha value is -2.57. The summed E-state index contributed by atoms with van der Waals surface area (Å²) in [4.78, 5) is 12.0. The molecule has 7 heteroatoms. The number of carbonyl (C=O) groups is 1. The molecule has 1 N–H and O–H groups in total. The Morgan fingerprint density at radius 2 is 1.62 bits per heavy atom. The van der Waals surface area contributed by atoms with Crippen molar-refractivity contribution >= 4 is 11.6 Å². The largest absolute Gasteiger partial charge is 0.475 e. The van der Waals surface area contributed by atoms with Crippen LogP contribution in [0.1, 0.15) is 19.4 Å². The lowest BCUT2D eigenvalue weighted by atomic mass is 10.1. The second-order valence-electron chi connectivity index (χ2n) is 5.10. The van der Waals surface area contributed by atoms with Gasteiger partial charge in [0.1, 0.15) is 0 Å². The van der Waals surface area contributed by atoms with E-state index in [2.05, 4.69) is 5.32 Å². The van der Waals surface area contributed by atoms with Gasteiger partial charge in [0.25, 0.3) is 5.91 Å². The van der Waals surface area contributed by atoms with Crippen LogP contribution in [-0.4, -0.2) is 12.0 Å². The van der Waals surface area contributed by atoms with E-state index in [-0.39, 0.29) is 6.07 Å². The van der Waals surface area contributed by atoms with E-state index in [9.17, 15) is 22.4 Å². The lowest BCUT2D eigenvalue weighted by Gasteiger charge is -2.16. The quantitative estimate of drug-likeness (QED) is 0.653. The summed E-state index contributed by atoms with van der Waals surface area (Å²) in [5.41, 5.74) is 1.52. The molecule has 0 spiro atoms. The van der Waals surface area contributed by atoms with Crippen molar-refractivity contribution in [2.24, 2.45) is 0 Å². The monoisotopic (exact) mass is 341 g/mol. The average Bonchev–Trinajstić information content (AvgIpc) is 2.57. The van der Waals surface area contributed by atoms with Crippen LogP contribution in [0.4, 0.5) is 23.2 Å². The standard InChI is InChI=1S/C17H15F4NO2/c1-3-10-4-6-11(7-5-10)22-17(23)9(2)24-16-14(20)12(18)8-13(19)15(16)21/h4-9H,3H2,1-2H3,(H,22,23)/t9-/m1/s1. The Bertz CT molecular complexity index is 721. The molecule has 0 radical (unpaired) electrons. The molecule has 24 heavy (non-hydrogen) atoms. The maximum absolute atomic E-state index is 13.5. The summed E-state index contributed by atoms with van der Waals surface area (Å²) in [5.74, 6) is -8.58. The molecule has 0 bridgehead atoms. The maximum atomic E-state index is 13.5. The van der Waals surface area contributed by atoms with E-state index in [1.165, 1.54) is 6.92 Å².